The van der Waals surface area contributed by atoms with Gasteiger partial charge >= 0.3 is 0 Å². The number of rotatable bonds is 5. The van der Waals surface area contributed by atoms with Crippen LogP contribution in [0.1, 0.15) is 25.3 Å². The van der Waals surface area contributed by atoms with Crippen LogP contribution in [0.3, 0.4) is 0 Å². The molecule has 0 aliphatic heterocycles. The van der Waals surface area contributed by atoms with Gasteiger partial charge in [0.25, 0.3) is 0 Å². The average molecular weight is 299 g/mol. The van der Waals surface area contributed by atoms with Crippen molar-refractivity contribution in [3.8, 4) is 0 Å². The minimum absolute atomic E-state index is 0.0378. The summed E-state index contributed by atoms with van der Waals surface area (Å²) in [5.74, 6) is 0.0927. The fraction of sp³-hybridized carbons (Fsp3) is 0.462. The first-order valence-electron chi connectivity index (χ1n) is 5.77. The van der Waals surface area contributed by atoms with Crippen molar-refractivity contribution in [2.24, 2.45) is 5.73 Å². The number of amides is 1. The lowest BCUT2D eigenvalue weighted by atomic mass is 10.1. The molecule has 17 heavy (non-hydrogen) atoms. The van der Waals surface area contributed by atoms with Gasteiger partial charge in [0, 0.05) is 30.5 Å². The monoisotopic (exact) mass is 298 g/mol. The summed E-state index contributed by atoms with van der Waals surface area (Å²) in [6.07, 6.45) is 1.24. The highest BCUT2D eigenvalue weighted by molar-refractivity contribution is 9.10. The lowest BCUT2D eigenvalue weighted by molar-refractivity contribution is -0.130. The minimum Gasteiger partial charge on any atom is -0.341 e. The SMILES string of the molecule is CCC(N)CC(=O)N(C)Cc1ccccc1Br. The first-order valence-corrected chi connectivity index (χ1v) is 6.56. The van der Waals surface area contributed by atoms with Crippen molar-refractivity contribution in [3.63, 3.8) is 0 Å². The maximum absolute atomic E-state index is 11.9. The smallest absolute Gasteiger partial charge is 0.224 e. The van der Waals surface area contributed by atoms with Gasteiger partial charge in [-0.25, -0.2) is 0 Å². The molecule has 1 aromatic carbocycles. The number of nitrogens with zero attached hydrogens (tertiary/aromatic N) is 1. The molecule has 1 aromatic rings. The molecule has 0 fully saturated rings. The van der Waals surface area contributed by atoms with Crippen molar-refractivity contribution in [1.82, 2.24) is 4.90 Å². The molecule has 0 heterocycles. The Morgan fingerprint density at radius 2 is 2.12 bits per heavy atom. The van der Waals surface area contributed by atoms with E-state index in [0.717, 1.165) is 16.5 Å². The molecule has 1 amide bonds. The van der Waals surface area contributed by atoms with Gasteiger partial charge in [-0.3, -0.25) is 4.79 Å². The summed E-state index contributed by atoms with van der Waals surface area (Å²) < 4.78 is 1.03. The van der Waals surface area contributed by atoms with E-state index in [4.69, 9.17) is 5.73 Å². The highest BCUT2D eigenvalue weighted by atomic mass is 79.9. The second kappa shape index (κ2) is 6.77. The zero-order chi connectivity index (χ0) is 12.8. The minimum atomic E-state index is -0.0378. The molecular formula is C13H19BrN2O. The van der Waals surface area contributed by atoms with Gasteiger partial charge in [0.2, 0.25) is 5.91 Å². The molecule has 94 valence electrons. The van der Waals surface area contributed by atoms with Crippen LogP contribution in [0.2, 0.25) is 0 Å². The molecular weight excluding hydrogens is 280 g/mol. The van der Waals surface area contributed by atoms with E-state index in [0.29, 0.717) is 13.0 Å². The summed E-state index contributed by atoms with van der Waals surface area (Å²) in [6.45, 7) is 2.60. The van der Waals surface area contributed by atoms with Crippen LogP contribution < -0.4 is 5.73 Å². The molecule has 1 rings (SSSR count). The molecule has 1 unspecified atom stereocenters. The van der Waals surface area contributed by atoms with E-state index in [1.165, 1.54) is 0 Å². The normalized spacial score (nSPS) is 12.2. The highest BCUT2D eigenvalue weighted by Crippen LogP contribution is 2.17. The third kappa shape index (κ3) is 4.48. The van der Waals surface area contributed by atoms with Crippen molar-refractivity contribution in [2.75, 3.05) is 7.05 Å². The number of halogens is 1. The van der Waals surface area contributed by atoms with Crippen LogP contribution in [-0.4, -0.2) is 23.9 Å². The number of hydrogen-bond acceptors (Lipinski definition) is 2. The Hall–Kier alpha value is -0.870. The Bertz CT molecular complexity index is 381. The van der Waals surface area contributed by atoms with Crippen LogP contribution in [0.5, 0.6) is 0 Å². The number of benzene rings is 1. The fourth-order valence-corrected chi connectivity index (χ4v) is 1.90. The van der Waals surface area contributed by atoms with Crippen LogP contribution >= 0.6 is 15.9 Å². The molecule has 0 bridgehead atoms. The summed E-state index contributed by atoms with van der Waals surface area (Å²) >= 11 is 3.48. The Morgan fingerprint density at radius 1 is 1.47 bits per heavy atom. The second-order valence-electron chi connectivity index (χ2n) is 4.21. The lowest BCUT2D eigenvalue weighted by Gasteiger charge is -2.19. The van der Waals surface area contributed by atoms with Gasteiger partial charge in [0.1, 0.15) is 0 Å². The van der Waals surface area contributed by atoms with E-state index in [1.807, 2.05) is 38.2 Å². The maximum Gasteiger partial charge on any atom is 0.224 e. The molecule has 0 aliphatic carbocycles. The molecule has 0 aliphatic rings. The summed E-state index contributed by atoms with van der Waals surface area (Å²) in [4.78, 5) is 13.6. The third-order valence-electron chi connectivity index (χ3n) is 2.75. The van der Waals surface area contributed by atoms with Crippen LogP contribution in [0.4, 0.5) is 0 Å². The van der Waals surface area contributed by atoms with Gasteiger partial charge in [0.05, 0.1) is 0 Å². The van der Waals surface area contributed by atoms with Crippen molar-refractivity contribution in [3.05, 3.63) is 34.3 Å². The first-order chi connectivity index (χ1) is 8.04. The Labute approximate surface area is 111 Å². The van der Waals surface area contributed by atoms with E-state index in [2.05, 4.69) is 15.9 Å². The molecule has 0 radical (unpaired) electrons. The average Bonchev–Trinajstić information content (AvgIpc) is 2.31. The van der Waals surface area contributed by atoms with Crippen LogP contribution in [0, 0.1) is 0 Å². The Balaban J connectivity index is 2.57. The predicted octanol–water partition coefficient (Wildman–Crippen LogP) is 2.53. The van der Waals surface area contributed by atoms with Gasteiger partial charge < -0.3 is 10.6 Å². The molecule has 0 saturated carbocycles. The standard InChI is InChI=1S/C13H19BrN2O/c1-3-11(15)8-13(17)16(2)9-10-6-4-5-7-12(10)14/h4-7,11H,3,8-9,15H2,1-2H3. The van der Waals surface area contributed by atoms with E-state index in [1.54, 1.807) is 4.90 Å². The molecule has 1 atom stereocenters. The van der Waals surface area contributed by atoms with Gasteiger partial charge in [-0.05, 0) is 18.1 Å². The van der Waals surface area contributed by atoms with Crippen LogP contribution in [-0.2, 0) is 11.3 Å². The largest absolute Gasteiger partial charge is 0.341 e. The van der Waals surface area contributed by atoms with E-state index < -0.39 is 0 Å². The Morgan fingerprint density at radius 3 is 2.71 bits per heavy atom. The molecule has 0 aromatic heterocycles. The topological polar surface area (TPSA) is 46.3 Å². The molecule has 0 saturated heterocycles. The summed E-state index contributed by atoms with van der Waals surface area (Å²) in [6, 6.07) is 7.88. The molecule has 2 N–H and O–H groups in total. The number of carbonyl (C=O) groups excluding carboxylic acids is 1. The zero-order valence-corrected chi connectivity index (χ0v) is 11.9. The molecule has 0 spiro atoms. The predicted molar refractivity (Wildman–Crippen MR) is 73.5 cm³/mol. The molecule has 3 nitrogen and oxygen atoms in total. The van der Waals surface area contributed by atoms with Crippen molar-refractivity contribution < 1.29 is 4.79 Å². The molecule has 4 heteroatoms. The fourth-order valence-electron chi connectivity index (χ4n) is 1.49. The van der Waals surface area contributed by atoms with E-state index in [-0.39, 0.29) is 11.9 Å². The van der Waals surface area contributed by atoms with Gasteiger partial charge in [0.15, 0.2) is 0 Å². The Kier molecular flexibility index (Phi) is 5.65. The summed E-state index contributed by atoms with van der Waals surface area (Å²) in [7, 11) is 1.81. The van der Waals surface area contributed by atoms with Crippen LogP contribution in [0.25, 0.3) is 0 Å². The quantitative estimate of drug-likeness (QED) is 0.908. The number of carbonyl (C=O) groups is 1. The lowest BCUT2D eigenvalue weighted by Crippen LogP contribution is -2.32. The van der Waals surface area contributed by atoms with Gasteiger partial charge in [-0.1, -0.05) is 41.1 Å². The van der Waals surface area contributed by atoms with Gasteiger partial charge in [-0.15, -0.1) is 0 Å². The van der Waals surface area contributed by atoms with Gasteiger partial charge in [-0.2, -0.15) is 0 Å². The zero-order valence-electron chi connectivity index (χ0n) is 10.3. The van der Waals surface area contributed by atoms with E-state index >= 15 is 0 Å². The van der Waals surface area contributed by atoms with Crippen LogP contribution in [0.15, 0.2) is 28.7 Å². The summed E-state index contributed by atoms with van der Waals surface area (Å²) in [5, 5.41) is 0. The van der Waals surface area contributed by atoms with E-state index in [9.17, 15) is 4.79 Å². The highest BCUT2D eigenvalue weighted by Gasteiger charge is 2.13. The summed E-state index contributed by atoms with van der Waals surface area (Å²) in [5.41, 5.74) is 6.88. The van der Waals surface area contributed by atoms with Crippen molar-refractivity contribution >= 4 is 21.8 Å². The van der Waals surface area contributed by atoms with Crippen molar-refractivity contribution in [1.29, 1.82) is 0 Å². The second-order valence-corrected chi connectivity index (χ2v) is 5.07. The number of nitrogens with two attached hydrogens (primary N) is 1. The first kappa shape index (κ1) is 14.2. The third-order valence-corrected chi connectivity index (χ3v) is 3.53. The maximum atomic E-state index is 11.9. The van der Waals surface area contributed by atoms with Crippen molar-refractivity contribution in [2.45, 2.75) is 32.4 Å². The number of hydrogen-bond donors (Lipinski definition) is 1.